The van der Waals surface area contributed by atoms with Gasteiger partial charge < -0.3 is 0 Å². The summed E-state index contributed by atoms with van der Waals surface area (Å²) in [7, 11) is 0. The Bertz CT molecular complexity index is 650. The summed E-state index contributed by atoms with van der Waals surface area (Å²) in [4.78, 5) is 18.6. The number of hydrogen-bond acceptors (Lipinski definition) is 5. The highest BCUT2D eigenvalue weighted by Crippen LogP contribution is 2.35. The van der Waals surface area contributed by atoms with Crippen LogP contribution in [0, 0.1) is 0 Å². The molecule has 19 heavy (non-hydrogen) atoms. The van der Waals surface area contributed by atoms with Crippen LogP contribution in [0.15, 0.2) is 46.3 Å². The van der Waals surface area contributed by atoms with Crippen LogP contribution in [0.1, 0.15) is 5.56 Å². The molecule has 1 fully saturated rings. The normalized spacial score (nSPS) is 17.5. The van der Waals surface area contributed by atoms with Crippen molar-refractivity contribution in [1.29, 1.82) is 0 Å². The van der Waals surface area contributed by atoms with Gasteiger partial charge in [0.1, 0.15) is 0 Å². The molecule has 2 aromatic rings. The standard InChI is InChI=1S/C13H8N2OS3/c16-12-11(6-9-3-5-18-8-9)19-13(17)15(12)10-2-1-4-14-7-10/h1-8H/b11-6-. The molecule has 2 aromatic heterocycles. The molecule has 1 saturated heterocycles. The molecule has 0 unspecified atom stereocenters. The first-order chi connectivity index (χ1) is 9.25. The van der Waals surface area contributed by atoms with E-state index >= 15 is 0 Å². The van der Waals surface area contributed by atoms with Crippen molar-refractivity contribution in [2.24, 2.45) is 0 Å². The quantitative estimate of drug-likeness (QED) is 0.627. The fraction of sp³-hybridized carbons (Fsp3) is 0. The maximum Gasteiger partial charge on any atom is 0.270 e. The van der Waals surface area contributed by atoms with E-state index in [9.17, 15) is 4.79 Å². The van der Waals surface area contributed by atoms with Gasteiger partial charge in [0.05, 0.1) is 16.8 Å². The van der Waals surface area contributed by atoms with Crippen LogP contribution in [0.25, 0.3) is 6.08 Å². The van der Waals surface area contributed by atoms with E-state index in [1.165, 1.54) is 16.7 Å². The van der Waals surface area contributed by atoms with Crippen LogP contribution in [-0.2, 0) is 4.79 Å². The molecule has 0 saturated carbocycles. The summed E-state index contributed by atoms with van der Waals surface area (Å²) in [6, 6.07) is 5.59. The van der Waals surface area contributed by atoms with Gasteiger partial charge in [0.15, 0.2) is 4.32 Å². The lowest BCUT2D eigenvalue weighted by Gasteiger charge is -2.13. The Hall–Kier alpha value is -1.50. The van der Waals surface area contributed by atoms with E-state index in [0.717, 1.165) is 5.56 Å². The number of nitrogens with zero attached hydrogens (tertiary/aromatic N) is 2. The van der Waals surface area contributed by atoms with Crippen LogP contribution >= 0.6 is 35.3 Å². The van der Waals surface area contributed by atoms with Gasteiger partial charge in [-0.2, -0.15) is 11.3 Å². The van der Waals surface area contributed by atoms with E-state index in [4.69, 9.17) is 12.2 Å². The molecule has 94 valence electrons. The highest BCUT2D eigenvalue weighted by atomic mass is 32.2. The Morgan fingerprint density at radius 3 is 2.95 bits per heavy atom. The van der Waals surface area contributed by atoms with Gasteiger partial charge in [-0.05, 0) is 40.6 Å². The average Bonchev–Trinajstić information content (AvgIpc) is 3.01. The molecule has 0 spiro atoms. The van der Waals surface area contributed by atoms with Crippen molar-refractivity contribution in [2.45, 2.75) is 0 Å². The predicted octanol–water partition coefficient (Wildman–Crippen LogP) is 3.55. The molecule has 6 heteroatoms. The molecule has 0 bridgehead atoms. The second-order valence-electron chi connectivity index (χ2n) is 3.79. The minimum atomic E-state index is -0.0887. The Labute approximate surface area is 124 Å². The number of thiophene rings is 1. The summed E-state index contributed by atoms with van der Waals surface area (Å²) in [5.74, 6) is -0.0887. The number of amides is 1. The van der Waals surface area contributed by atoms with Gasteiger partial charge >= 0.3 is 0 Å². The van der Waals surface area contributed by atoms with Gasteiger partial charge in [0, 0.05) is 6.20 Å². The molecule has 3 heterocycles. The summed E-state index contributed by atoms with van der Waals surface area (Å²) in [6.07, 6.45) is 5.17. The maximum absolute atomic E-state index is 12.4. The summed E-state index contributed by atoms with van der Waals surface area (Å²) < 4.78 is 0.541. The Balaban J connectivity index is 1.94. The van der Waals surface area contributed by atoms with Crippen LogP contribution in [0.4, 0.5) is 5.69 Å². The lowest BCUT2D eigenvalue weighted by Crippen LogP contribution is -2.27. The van der Waals surface area contributed by atoms with Crippen molar-refractivity contribution in [3.63, 3.8) is 0 Å². The maximum atomic E-state index is 12.4. The third-order valence-corrected chi connectivity index (χ3v) is 4.54. The van der Waals surface area contributed by atoms with Gasteiger partial charge in [-0.1, -0.05) is 24.0 Å². The number of thiocarbonyl (C=S) groups is 1. The van der Waals surface area contributed by atoms with Crippen LogP contribution in [0.2, 0.25) is 0 Å². The Morgan fingerprint density at radius 1 is 1.37 bits per heavy atom. The number of aromatic nitrogens is 1. The smallest absolute Gasteiger partial charge is 0.268 e. The third kappa shape index (κ3) is 2.47. The van der Waals surface area contributed by atoms with Crippen molar-refractivity contribution in [3.05, 3.63) is 51.8 Å². The van der Waals surface area contributed by atoms with Crippen molar-refractivity contribution in [1.82, 2.24) is 4.98 Å². The van der Waals surface area contributed by atoms with Gasteiger partial charge in [-0.25, -0.2) is 0 Å². The summed E-state index contributed by atoms with van der Waals surface area (Å²) in [5, 5.41) is 3.98. The second-order valence-corrected chi connectivity index (χ2v) is 6.24. The molecule has 3 nitrogen and oxygen atoms in total. The van der Waals surface area contributed by atoms with E-state index in [0.29, 0.717) is 14.9 Å². The van der Waals surface area contributed by atoms with Crippen molar-refractivity contribution < 1.29 is 4.79 Å². The molecule has 1 aliphatic heterocycles. The number of thioether (sulfide) groups is 1. The average molecular weight is 304 g/mol. The first-order valence-electron chi connectivity index (χ1n) is 5.46. The molecule has 0 atom stereocenters. The van der Waals surface area contributed by atoms with Crippen molar-refractivity contribution >= 4 is 57.3 Å². The SMILES string of the molecule is O=C1/C(=C/c2ccsc2)SC(=S)N1c1cccnc1. The van der Waals surface area contributed by atoms with E-state index in [2.05, 4.69) is 4.98 Å². The van der Waals surface area contributed by atoms with E-state index in [1.54, 1.807) is 29.8 Å². The van der Waals surface area contributed by atoms with Gasteiger partial charge in [0.25, 0.3) is 5.91 Å². The zero-order chi connectivity index (χ0) is 13.2. The van der Waals surface area contributed by atoms with Crippen LogP contribution in [0.3, 0.4) is 0 Å². The lowest BCUT2D eigenvalue weighted by atomic mass is 10.3. The third-order valence-electron chi connectivity index (χ3n) is 2.54. The first-order valence-corrected chi connectivity index (χ1v) is 7.62. The highest BCUT2D eigenvalue weighted by Gasteiger charge is 2.33. The molecule has 0 aromatic carbocycles. The van der Waals surface area contributed by atoms with Crippen LogP contribution < -0.4 is 4.90 Å². The fourth-order valence-electron chi connectivity index (χ4n) is 1.68. The Kier molecular flexibility index (Phi) is 3.46. The van der Waals surface area contributed by atoms with E-state index in [1.807, 2.05) is 29.0 Å². The summed E-state index contributed by atoms with van der Waals surface area (Å²) in [6.45, 7) is 0. The molecule has 1 amide bonds. The summed E-state index contributed by atoms with van der Waals surface area (Å²) in [5.41, 5.74) is 1.73. The van der Waals surface area contributed by atoms with Crippen LogP contribution in [0.5, 0.6) is 0 Å². The Morgan fingerprint density at radius 2 is 2.26 bits per heavy atom. The highest BCUT2D eigenvalue weighted by molar-refractivity contribution is 8.27. The first kappa shape index (κ1) is 12.5. The van der Waals surface area contributed by atoms with Crippen LogP contribution in [-0.4, -0.2) is 15.2 Å². The van der Waals surface area contributed by atoms with Crippen molar-refractivity contribution in [2.75, 3.05) is 4.90 Å². The lowest BCUT2D eigenvalue weighted by molar-refractivity contribution is -0.113. The fourth-order valence-corrected chi connectivity index (χ4v) is 3.60. The molecule has 0 aliphatic carbocycles. The molecular formula is C13H8N2OS3. The van der Waals surface area contributed by atoms with Gasteiger partial charge in [0.2, 0.25) is 0 Å². The minimum absolute atomic E-state index is 0.0887. The topological polar surface area (TPSA) is 33.2 Å². The predicted molar refractivity (Wildman–Crippen MR) is 84.2 cm³/mol. The van der Waals surface area contributed by atoms with E-state index < -0.39 is 0 Å². The zero-order valence-electron chi connectivity index (χ0n) is 9.65. The zero-order valence-corrected chi connectivity index (χ0v) is 12.1. The van der Waals surface area contributed by atoms with E-state index in [-0.39, 0.29) is 5.91 Å². The number of hydrogen-bond donors (Lipinski definition) is 0. The van der Waals surface area contributed by atoms with Gasteiger partial charge in [-0.15, -0.1) is 0 Å². The number of carbonyl (C=O) groups is 1. The monoisotopic (exact) mass is 304 g/mol. The molecular weight excluding hydrogens is 296 g/mol. The van der Waals surface area contributed by atoms with Crippen molar-refractivity contribution in [3.8, 4) is 0 Å². The number of rotatable bonds is 2. The number of pyridine rings is 1. The number of anilines is 1. The van der Waals surface area contributed by atoms with Gasteiger partial charge in [-0.3, -0.25) is 14.7 Å². The largest absolute Gasteiger partial charge is 0.270 e. The molecule has 0 radical (unpaired) electrons. The minimum Gasteiger partial charge on any atom is -0.268 e. The molecule has 1 aliphatic rings. The number of carbonyl (C=O) groups excluding carboxylic acids is 1. The molecule has 3 rings (SSSR count). The summed E-state index contributed by atoms with van der Waals surface area (Å²) >= 11 is 8.20. The second kappa shape index (κ2) is 5.24. The molecule has 0 N–H and O–H groups in total.